The quantitative estimate of drug-likeness (QED) is 0.809. The molecule has 2 heterocycles. The minimum absolute atomic E-state index is 0.161. The van der Waals surface area contributed by atoms with Crippen molar-refractivity contribution >= 4 is 5.91 Å². The number of ether oxygens (including phenoxy) is 1. The zero-order chi connectivity index (χ0) is 18.0. The van der Waals surface area contributed by atoms with Crippen molar-refractivity contribution in [3.8, 4) is 0 Å². The van der Waals surface area contributed by atoms with Crippen molar-refractivity contribution in [2.45, 2.75) is 50.0 Å². The molecule has 3 aliphatic rings. The molecular formula is C21H29FN2O2. The highest BCUT2D eigenvalue weighted by Crippen LogP contribution is 2.51. The fourth-order valence-electron chi connectivity index (χ4n) is 4.57. The van der Waals surface area contributed by atoms with Crippen LogP contribution in [0.2, 0.25) is 0 Å². The summed E-state index contributed by atoms with van der Waals surface area (Å²) in [5.74, 6) is -0.0745. The Bertz CT molecular complexity index is 641. The summed E-state index contributed by atoms with van der Waals surface area (Å²) >= 11 is 0. The lowest BCUT2D eigenvalue weighted by molar-refractivity contribution is -0.138. The lowest BCUT2D eigenvalue weighted by atomic mass is 9.90. The van der Waals surface area contributed by atoms with Crippen LogP contribution in [-0.2, 0) is 14.9 Å². The molecule has 0 spiro atoms. The van der Waals surface area contributed by atoms with Crippen LogP contribution in [0.25, 0.3) is 0 Å². The zero-order valence-electron chi connectivity index (χ0n) is 15.5. The Morgan fingerprint density at radius 1 is 1.15 bits per heavy atom. The average Bonchev–Trinajstić information content (AvgIpc) is 3.49. The molecule has 1 atom stereocenters. The van der Waals surface area contributed by atoms with E-state index in [0.29, 0.717) is 11.6 Å². The number of hydrogen-bond donors (Lipinski definition) is 0. The summed E-state index contributed by atoms with van der Waals surface area (Å²) in [7, 11) is 0. The Labute approximate surface area is 155 Å². The van der Waals surface area contributed by atoms with Gasteiger partial charge in [0.1, 0.15) is 5.82 Å². The topological polar surface area (TPSA) is 32.8 Å². The van der Waals surface area contributed by atoms with Gasteiger partial charge in [0.15, 0.2) is 0 Å². The summed E-state index contributed by atoms with van der Waals surface area (Å²) in [6.45, 7) is 5.43. The van der Waals surface area contributed by atoms with Gasteiger partial charge in [0, 0.05) is 37.8 Å². The first-order valence-corrected chi connectivity index (χ1v) is 10.1. The van der Waals surface area contributed by atoms with Crippen molar-refractivity contribution < 1.29 is 13.9 Å². The van der Waals surface area contributed by atoms with Gasteiger partial charge in [-0.1, -0.05) is 18.2 Å². The average molecular weight is 360 g/mol. The summed E-state index contributed by atoms with van der Waals surface area (Å²) < 4.78 is 19.8. The first-order valence-electron chi connectivity index (χ1n) is 10.1. The van der Waals surface area contributed by atoms with Gasteiger partial charge in [0.2, 0.25) is 5.91 Å². The van der Waals surface area contributed by atoms with E-state index < -0.39 is 5.41 Å². The van der Waals surface area contributed by atoms with Crippen LogP contribution in [0.1, 0.15) is 44.1 Å². The van der Waals surface area contributed by atoms with Crippen LogP contribution in [0, 0.1) is 5.82 Å². The van der Waals surface area contributed by atoms with Crippen molar-refractivity contribution in [1.29, 1.82) is 0 Å². The predicted molar refractivity (Wildman–Crippen MR) is 98.5 cm³/mol. The van der Waals surface area contributed by atoms with Gasteiger partial charge in [-0.25, -0.2) is 4.39 Å². The van der Waals surface area contributed by atoms with Gasteiger partial charge in [-0.05, 0) is 44.6 Å². The molecule has 1 aliphatic carbocycles. The molecule has 142 valence electrons. The van der Waals surface area contributed by atoms with E-state index in [0.717, 1.165) is 71.5 Å². The molecule has 5 heteroatoms. The number of likely N-dealkylation sites (tertiary alicyclic amines) is 1. The number of halogens is 1. The number of carbonyl (C=O) groups excluding carboxylic acids is 1. The molecule has 1 amide bonds. The Morgan fingerprint density at radius 3 is 2.65 bits per heavy atom. The number of hydrogen-bond acceptors (Lipinski definition) is 3. The van der Waals surface area contributed by atoms with E-state index in [9.17, 15) is 9.18 Å². The smallest absolute Gasteiger partial charge is 0.233 e. The standard InChI is InChI=1S/C21H29FN2O2/c22-19-7-2-1-6-18(19)21(9-10-21)20(25)24-11-4-3-5-17(24)8-12-23-13-15-26-16-14-23/h1-2,6-7,17H,3-5,8-16H2/t17-/m0/s1. The van der Waals surface area contributed by atoms with E-state index in [4.69, 9.17) is 4.74 Å². The van der Waals surface area contributed by atoms with E-state index in [1.807, 2.05) is 6.07 Å². The molecule has 3 fully saturated rings. The molecule has 26 heavy (non-hydrogen) atoms. The summed E-state index contributed by atoms with van der Waals surface area (Å²) in [5.41, 5.74) is 0.00222. The molecule has 0 radical (unpaired) electrons. The third-order valence-corrected chi connectivity index (χ3v) is 6.32. The fourth-order valence-corrected chi connectivity index (χ4v) is 4.57. The van der Waals surface area contributed by atoms with E-state index in [1.165, 1.54) is 12.5 Å². The van der Waals surface area contributed by atoms with E-state index in [-0.39, 0.29) is 11.7 Å². The molecule has 1 saturated carbocycles. The lowest BCUT2D eigenvalue weighted by Gasteiger charge is -2.39. The highest BCUT2D eigenvalue weighted by atomic mass is 19.1. The zero-order valence-corrected chi connectivity index (χ0v) is 15.5. The normalized spacial score (nSPS) is 25.9. The second-order valence-corrected chi connectivity index (χ2v) is 7.95. The van der Waals surface area contributed by atoms with Gasteiger partial charge < -0.3 is 9.64 Å². The Morgan fingerprint density at radius 2 is 1.92 bits per heavy atom. The van der Waals surface area contributed by atoms with Crippen LogP contribution in [0.5, 0.6) is 0 Å². The maximum atomic E-state index is 14.4. The Hall–Kier alpha value is -1.46. The van der Waals surface area contributed by atoms with Crippen molar-refractivity contribution in [2.24, 2.45) is 0 Å². The highest BCUT2D eigenvalue weighted by Gasteiger charge is 2.55. The summed E-state index contributed by atoms with van der Waals surface area (Å²) in [6, 6.07) is 7.12. The van der Waals surface area contributed by atoms with Gasteiger partial charge in [0.25, 0.3) is 0 Å². The Balaban J connectivity index is 1.45. The van der Waals surface area contributed by atoms with Crippen molar-refractivity contribution in [3.63, 3.8) is 0 Å². The number of rotatable bonds is 5. The molecular weight excluding hydrogens is 331 g/mol. The van der Waals surface area contributed by atoms with Gasteiger partial charge in [-0.2, -0.15) is 0 Å². The molecule has 0 bridgehead atoms. The van der Waals surface area contributed by atoms with Crippen LogP contribution in [0.4, 0.5) is 4.39 Å². The van der Waals surface area contributed by atoms with Crippen LogP contribution in [0.3, 0.4) is 0 Å². The SMILES string of the molecule is O=C(N1CCCC[C@H]1CCN1CCOCC1)C1(c2ccccc2F)CC1. The van der Waals surface area contributed by atoms with Crippen molar-refractivity contribution in [3.05, 3.63) is 35.6 Å². The second-order valence-electron chi connectivity index (χ2n) is 7.95. The monoisotopic (exact) mass is 360 g/mol. The van der Waals surface area contributed by atoms with E-state index in [1.54, 1.807) is 12.1 Å². The number of piperidine rings is 1. The molecule has 0 aromatic heterocycles. The molecule has 2 saturated heterocycles. The molecule has 2 aliphatic heterocycles. The van der Waals surface area contributed by atoms with Gasteiger partial charge in [0.05, 0.1) is 18.6 Å². The number of amides is 1. The van der Waals surface area contributed by atoms with Crippen molar-refractivity contribution in [2.75, 3.05) is 39.4 Å². The van der Waals surface area contributed by atoms with Gasteiger partial charge in [-0.3, -0.25) is 9.69 Å². The van der Waals surface area contributed by atoms with E-state index in [2.05, 4.69) is 9.80 Å². The molecule has 0 N–H and O–H groups in total. The fraction of sp³-hybridized carbons (Fsp3) is 0.667. The number of benzene rings is 1. The van der Waals surface area contributed by atoms with Crippen LogP contribution >= 0.6 is 0 Å². The third-order valence-electron chi connectivity index (χ3n) is 6.32. The van der Waals surface area contributed by atoms with Crippen LogP contribution in [-0.4, -0.2) is 61.1 Å². The lowest BCUT2D eigenvalue weighted by Crippen LogP contribution is -2.50. The molecule has 4 rings (SSSR count). The molecule has 4 nitrogen and oxygen atoms in total. The van der Waals surface area contributed by atoms with E-state index >= 15 is 0 Å². The molecule has 0 unspecified atom stereocenters. The highest BCUT2D eigenvalue weighted by molar-refractivity contribution is 5.91. The number of carbonyl (C=O) groups is 1. The maximum Gasteiger partial charge on any atom is 0.233 e. The van der Waals surface area contributed by atoms with Gasteiger partial charge in [-0.15, -0.1) is 0 Å². The predicted octanol–water partition coefficient (Wildman–Crippen LogP) is 2.96. The molecule has 1 aromatic carbocycles. The minimum Gasteiger partial charge on any atom is -0.379 e. The Kier molecular flexibility index (Phi) is 5.28. The van der Waals surface area contributed by atoms with Crippen molar-refractivity contribution in [1.82, 2.24) is 9.80 Å². The van der Waals surface area contributed by atoms with Crippen LogP contribution in [0.15, 0.2) is 24.3 Å². The summed E-state index contributed by atoms with van der Waals surface area (Å²) in [5, 5.41) is 0. The second kappa shape index (κ2) is 7.65. The third kappa shape index (κ3) is 3.52. The first kappa shape index (κ1) is 17.9. The number of nitrogens with zero attached hydrogens (tertiary/aromatic N) is 2. The van der Waals surface area contributed by atoms with Crippen LogP contribution < -0.4 is 0 Å². The van der Waals surface area contributed by atoms with Gasteiger partial charge >= 0.3 is 0 Å². The summed E-state index contributed by atoms with van der Waals surface area (Å²) in [4.78, 5) is 17.9. The largest absolute Gasteiger partial charge is 0.379 e. The minimum atomic E-state index is -0.597. The number of morpholine rings is 1. The maximum absolute atomic E-state index is 14.4. The first-order chi connectivity index (χ1) is 12.7. The molecule has 1 aromatic rings. The summed E-state index contributed by atoms with van der Waals surface area (Å²) in [6.07, 6.45) is 5.89.